The van der Waals surface area contributed by atoms with Gasteiger partial charge in [-0.2, -0.15) is 5.26 Å². The summed E-state index contributed by atoms with van der Waals surface area (Å²) in [4.78, 5) is 22.2. The van der Waals surface area contributed by atoms with E-state index in [1.54, 1.807) is 12.3 Å². The van der Waals surface area contributed by atoms with Gasteiger partial charge in [0.25, 0.3) is 0 Å². The number of aromatic nitrogens is 1. The van der Waals surface area contributed by atoms with Gasteiger partial charge in [0.15, 0.2) is 0 Å². The Labute approximate surface area is 160 Å². The van der Waals surface area contributed by atoms with E-state index in [1.165, 1.54) is 23.3 Å². The number of rotatable bonds is 4. The van der Waals surface area contributed by atoms with Crippen molar-refractivity contribution in [1.29, 1.82) is 5.26 Å². The minimum absolute atomic E-state index is 0.0195. The Kier molecular flexibility index (Phi) is 4.92. The van der Waals surface area contributed by atoms with Crippen molar-refractivity contribution >= 4 is 11.6 Å². The number of hydrogen-bond donors (Lipinski definition) is 1. The fourth-order valence-electron chi connectivity index (χ4n) is 3.65. The van der Waals surface area contributed by atoms with Gasteiger partial charge in [-0.1, -0.05) is 0 Å². The van der Waals surface area contributed by atoms with E-state index in [-0.39, 0.29) is 29.5 Å². The van der Waals surface area contributed by atoms with Gasteiger partial charge in [0.05, 0.1) is 24.4 Å². The van der Waals surface area contributed by atoms with Crippen LogP contribution in [0, 0.1) is 28.9 Å². The van der Waals surface area contributed by atoms with Crippen molar-refractivity contribution in [3.8, 4) is 6.07 Å². The maximum absolute atomic E-state index is 13.5. The number of benzene rings is 1. The lowest BCUT2D eigenvalue weighted by atomic mass is 9.79. The summed E-state index contributed by atoms with van der Waals surface area (Å²) in [7, 11) is 0. The monoisotopic (exact) mass is 384 g/mol. The second-order valence-electron chi connectivity index (χ2n) is 7.05. The zero-order valence-electron chi connectivity index (χ0n) is 14.9. The van der Waals surface area contributed by atoms with E-state index in [2.05, 4.69) is 10.3 Å². The van der Waals surface area contributed by atoms with Crippen molar-refractivity contribution < 1.29 is 18.4 Å². The molecule has 0 spiro atoms. The minimum atomic E-state index is -0.557. The molecule has 0 bridgehead atoms. The van der Waals surface area contributed by atoms with Gasteiger partial charge < -0.3 is 5.32 Å². The number of nitrogens with one attached hydrogen (secondary N) is 1. The lowest BCUT2D eigenvalue weighted by Crippen LogP contribution is -2.45. The predicted molar refractivity (Wildman–Crippen MR) is 95.6 cm³/mol. The van der Waals surface area contributed by atoms with E-state index in [4.69, 9.17) is 10.1 Å². The maximum atomic E-state index is 13.5. The zero-order chi connectivity index (χ0) is 19.7. The Balaban J connectivity index is 1.36. The minimum Gasteiger partial charge on any atom is -0.382 e. The number of hydroxylamine groups is 2. The van der Waals surface area contributed by atoms with Crippen molar-refractivity contribution in [3.63, 3.8) is 0 Å². The van der Waals surface area contributed by atoms with Gasteiger partial charge in [0.2, 0.25) is 5.91 Å². The summed E-state index contributed by atoms with van der Waals surface area (Å²) in [5, 5.41) is 13.5. The number of carbonyl (C=O) groups is 1. The predicted octanol–water partition coefficient (Wildman–Crippen LogP) is 3.33. The largest absolute Gasteiger partial charge is 0.382 e. The zero-order valence-corrected chi connectivity index (χ0v) is 14.9. The van der Waals surface area contributed by atoms with Crippen molar-refractivity contribution in [2.45, 2.75) is 31.3 Å². The second-order valence-corrected chi connectivity index (χ2v) is 7.05. The normalized spacial score (nSPS) is 23.8. The summed E-state index contributed by atoms with van der Waals surface area (Å²) < 4.78 is 26.9. The fraction of sp³-hybridized carbons (Fsp3) is 0.350. The molecule has 1 aliphatic heterocycles. The number of nitrogens with zero attached hydrogens (tertiary/aromatic N) is 3. The van der Waals surface area contributed by atoms with Crippen LogP contribution < -0.4 is 5.32 Å². The van der Waals surface area contributed by atoms with Crippen LogP contribution in [0.4, 0.5) is 14.5 Å². The number of pyridine rings is 1. The molecule has 1 saturated heterocycles. The van der Waals surface area contributed by atoms with Gasteiger partial charge in [-0.25, -0.2) is 13.8 Å². The molecule has 8 heteroatoms. The topological polar surface area (TPSA) is 78.2 Å². The highest BCUT2D eigenvalue weighted by Gasteiger charge is 2.41. The molecule has 4 rings (SSSR count). The first-order chi connectivity index (χ1) is 13.5. The lowest BCUT2D eigenvalue weighted by molar-refractivity contribution is -0.184. The third kappa shape index (κ3) is 3.53. The Bertz CT molecular complexity index is 940. The standard InChI is InChI=1S/C20H18F2N4O2/c21-15-5-14(10-24-11-15)19-3-4-28-26(19)20(27)12-6-17(7-12)25-16-1-2-18(22)13(8-16)9-23/h1-2,5,8,10-12,17,19,25H,3-4,6-7H2/t12?,17?,19-/m0/s1. The Hall–Kier alpha value is -3.05. The van der Waals surface area contributed by atoms with Crippen molar-refractivity contribution in [3.05, 3.63) is 59.4 Å². The van der Waals surface area contributed by atoms with Crippen molar-refractivity contribution in [2.75, 3.05) is 11.9 Å². The highest BCUT2D eigenvalue weighted by molar-refractivity contribution is 5.80. The average molecular weight is 384 g/mol. The Morgan fingerprint density at radius 1 is 1.29 bits per heavy atom. The molecular weight excluding hydrogens is 366 g/mol. The van der Waals surface area contributed by atoms with E-state index < -0.39 is 11.6 Å². The molecule has 2 aromatic rings. The first-order valence-corrected chi connectivity index (χ1v) is 9.08. The highest BCUT2D eigenvalue weighted by atomic mass is 19.1. The van der Waals surface area contributed by atoms with Crippen LogP contribution in [0.1, 0.15) is 36.4 Å². The van der Waals surface area contributed by atoms with Gasteiger partial charge in [0, 0.05) is 30.3 Å². The Morgan fingerprint density at radius 2 is 2.11 bits per heavy atom. The average Bonchev–Trinajstić information content (AvgIpc) is 3.15. The van der Waals surface area contributed by atoms with Gasteiger partial charge in [0.1, 0.15) is 17.7 Å². The van der Waals surface area contributed by atoms with Crippen molar-refractivity contribution in [2.24, 2.45) is 5.92 Å². The number of hydrogen-bond acceptors (Lipinski definition) is 5. The molecule has 1 atom stereocenters. The van der Waals surface area contributed by atoms with Gasteiger partial charge >= 0.3 is 0 Å². The van der Waals surface area contributed by atoms with Gasteiger partial charge in [-0.05, 0) is 42.7 Å². The van der Waals surface area contributed by atoms with Gasteiger partial charge in [-0.15, -0.1) is 0 Å². The van der Waals surface area contributed by atoms with Crippen LogP contribution in [-0.2, 0) is 9.63 Å². The molecule has 2 heterocycles. The molecule has 28 heavy (non-hydrogen) atoms. The molecule has 0 radical (unpaired) electrons. The summed E-state index contributed by atoms with van der Waals surface area (Å²) in [6.07, 6.45) is 4.48. The Morgan fingerprint density at radius 3 is 2.86 bits per heavy atom. The van der Waals surface area contributed by atoms with Gasteiger partial charge in [-0.3, -0.25) is 14.6 Å². The number of carbonyl (C=O) groups excluding carboxylic acids is 1. The molecule has 6 nitrogen and oxygen atoms in total. The summed E-state index contributed by atoms with van der Waals surface area (Å²) in [5.41, 5.74) is 1.25. The van der Waals surface area contributed by atoms with Crippen molar-refractivity contribution in [1.82, 2.24) is 10.0 Å². The number of amides is 1. The molecule has 1 aliphatic carbocycles. The van der Waals surface area contributed by atoms with E-state index in [9.17, 15) is 13.6 Å². The molecule has 2 aliphatic rings. The maximum Gasteiger partial charge on any atom is 0.249 e. The quantitative estimate of drug-likeness (QED) is 0.875. The third-order valence-corrected chi connectivity index (χ3v) is 5.18. The van der Waals surface area contributed by atoms with E-state index in [0.29, 0.717) is 37.1 Å². The van der Waals surface area contributed by atoms with Crippen LogP contribution in [-0.4, -0.2) is 28.6 Å². The molecule has 2 fully saturated rings. The molecule has 1 aromatic carbocycles. The fourth-order valence-corrected chi connectivity index (χ4v) is 3.65. The molecule has 1 N–H and O–H groups in total. The SMILES string of the molecule is N#Cc1cc(NC2CC(C(=O)N3OCC[C@H]3c3cncc(F)c3)C2)ccc1F. The summed E-state index contributed by atoms with van der Waals surface area (Å²) in [6.45, 7) is 0.397. The molecule has 1 saturated carbocycles. The molecular formula is C20H18F2N4O2. The summed E-state index contributed by atoms with van der Waals surface area (Å²) in [5.74, 6) is -1.32. The van der Waals surface area contributed by atoms with Crippen LogP contribution in [0.15, 0.2) is 36.7 Å². The molecule has 0 unspecified atom stereocenters. The molecule has 1 aromatic heterocycles. The molecule has 144 valence electrons. The molecule has 1 amide bonds. The highest BCUT2D eigenvalue weighted by Crippen LogP contribution is 2.37. The number of anilines is 1. The first kappa shape index (κ1) is 18.3. The lowest BCUT2D eigenvalue weighted by Gasteiger charge is -2.38. The first-order valence-electron chi connectivity index (χ1n) is 9.08. The van der Waals surface area contributed by atoms with E-state index >= 15 is 0 Å². The summed E-state index contributed by atoms with van der Waals surface area (Å²) in [6, 6.07) is 7.18. The third-order valence-electron chi connectivity index (χ3n) is 5.18. The van der Waals surface area contributed by atoms with Crippen LogP contribution in [0.2, 0.25) is 0 Å². The van der Waals surface area contributed by atoms with Crippen LogP contribution in [0.5, 0.6) is 0 Å². The number of halogens is 2. The van der Waals surface area contributed by atoms with E-state index in [1.807, 2.05) is 6.07 Å². The van der Waals surface area contributed by atoms with E-state index in [0.717, 1.165) is 6.20 Å². The smallest absolute Gasteiger partial charge is 0.249 e. The summed E-state index contributed by atoms with van der Waals surface area (Å²) >= 11 is 0. The van der Waals surface area contributed by atoms with Crippen LogP contribution >= 0.6 is 0 Å². The van der Waals surface area contributed by atoms with Crippen LogP contribution in [0.3, 0.4) is 0 Å². The van der Waals surface area contributed by atoms with Crippen LogP contribution in [0.25, 0.3) is 0 Å². The number of nitriles is 1. The second kappa shape index (κ2) is 7.52.